The Hall–Kier alpha value is -2.08. The van der Waals surface area contributed by atoms with Gasteiger partial charge in [0, 0.05) is 23.4 Å². The summed E-state index contributed by atoms with van der Waals surface area (Å²) < 4.78 is 103. The van der Waals surface area contributed by atoms with Crippen molar-refractivity contribution in [2.75, 3.05) is 6.26 Å². The van der Waals surface area contributed by atoms with Gasteiger partial charge >= 0.3 is 18.0 Å². The number of aromatic amines is 1. The van der Waals surface area contributed by atoms with Crippen molar-refractivity contribution in [2.45, 2.75) is 54.5 Å². The van der Waals surface area contributed by atoms with E-state index in [9.17, 15) is 39.9 Å². The van der Waals surface area contributed by atoms with Gasteiger partial charge in [-0.1, -0.05) is 25.0 Å². The zero-order chi connectivity index (χ0) is 22.5. The minimum Gasteiger partial charge on any atom is -0.367 e. The fourth-order valence-corrected chi connectivity index (χ4v) is 4.21. The van der Waals surface area contributed by atoms with E-state index in [4.69, 9.17) is 0 Å². The first-order valence-electron chi connectivity index (χ1n) is 8.93. The highest BCUT2D eigenvalue weighted by Crippen LogP contribution is 2.50. The van der Waals surface area contributed by atoms with Crippen LogP contribution in [0.2, 0.25) is 0 Å². The van der Waals surface area contributed by atoms with E-state index in [2.05, 4.69) is 9.97 Å². The molecule has 0 bridgehead atoms. The molecule has 2 aromatic rings. The first kappa shape index (κ1) is 22.6. The van der Waals surface area contributed by atoms with Crippen LogP contribution >= 0.6 is 0 Å². The molecule has 0 unspecified atom stereocenters. The Morgan fingerprint density at radius 1 is 1.00 bits per heavy atom. The van der Waals surface area contributed by atoms with E-state index in [0.29, 0.717) is 12.8 Å². The van der Waals surface area contributed by atoms with Crippen LogP contribution in [0.25, 0.3) is 11.3 Å². The second-order valence-corrected chi connectivity index (χ2v) is 9.35. The molecule has 0 radical (unpaired) electrons. The number of hydrogen-bond donors (Lipinski definition) is 2. The van der Waals surface area contributed by atoms with Gasteiger partial charge < -0.3 is 10.1 Å². The lowest BCUT2D eigenvalue weighted by Gasteiger charge is -2.30. The number of halogens is 6. The van der Waals surface area contributed by atoms with Gasteiger partial charge in [-0.2, -0.15) is 26.3 Å². The Bertz CT molecular complexity index is 1010. The molecule has 1 aromatic heterocycles. The van der Waals surface area contributed by atoms with Gasteiger partial charge in [-0.25, -0.2) is 13.4 Å². The number of nitrogens with one attached hydrogen (secondary N) is 1. The third-order valence-corrected chi connectivity index (χ3v) is 6.34. The fraction of sp³-hybridized carbons (Fsp3) is 0.500. The fourth-order valence-electron chi connectivity index (χ4n) is 3.58. The highest BCUT2D eigenvalue weighted by atomic mass is 32.2. The summed E-state index contributed by atoms with van der Waals surface area (Å²) in [6.45, 7) is 0. The minimum absolute atomic E-state index is 0.0570. The molecule has 166 valence electrons. The Morgan fingerprint density at radius 3 is 1.93 bits per heavy atom. The van der Waals surface area contributed by atoms with E-state index in [-0.39, 0.29) is 27.8 Å². The summed E-state index contributed by atoms with van der Waals surface area (Å²) in [6.07, 6.45) is -8.60. The topological polar surface area (TPSA) is 83.1 Å². The highest BCUT2D eigenvalue weighted by Gasteiger charge is 2.73. The van der Waals surface area contributed by atoms with Crippen molar-refractivity contribution in [3.8, 4) is 11.3 Å². The lowest BCUT2D eigenvalue weighted by atomic mass is 9.99. The van der Waals surface area contributed by atoms with Crippen LogP contribution in [0.15, 0.2) is 29.2 Å². The molecule has 12 heteroatoms. The number of alkyl halides is 6. The van der Waals surface area contributed by atoms with Crippen molar-refractivity contribution < 1.29 is 39.9 Å². The van der Waals surface area contributed by atoms with Crippen LogP contribution in [-0.2, 0) is 15.4 Å². The zero-order valence-corrected chi connectivity index (χ0v) is 16.4. The summed E-state index contributed by atoms with van der Waals surface area (Å²) in [6, 6.07) is 4.90. The number of sulfone groups is 1. The molecule has 0 amide bonds. The third kappa shape index (κ3) is 3.82. The first-order chi connectivity index (χ1) is 13.7. The van der Waals surface area contributed by atoms with Gasteiger partial charge in [0.25, 0.3) is 0 Å². The normalized spacial score (nSPS) is 16.9. The Balaban J connectivity index is 2.19. The SMILES string of the molecule is CS(=O)(=O)c1ccc(-c2nc(C(O)(C(F)(F)F)C(F)(F)F)[nH]c2C2CCCC2)cc1. The predicted octanol–water partition coefficient (Wildman–Crippen LogP) is 4.45. The molecule has 1 aliphatic rings. The van der Waals surface area contributed by atoms with Crippen LogP contribution < -0.4 is 0 Å². The summed E-state index contributed by atoms with van der Waals surface area (Å²) in [4.78, 5) is 5.56. The van der Waals surface area contributed by atoms with Gasteiger partial charge in [0.1, 0.15) is 0 Å². The summed E-state index contributed by atoms with van der Waals surface area (Å²) in [5.74, 6) is -2.02. The Kier molecular flexibility index (Phi) is 5.47. The van der Waals surface area contributed by atoms with E-state index in [1.165, 1.54) is 24.3 Å². The van der Waals surface area contributed by atoms with E-state index in [1.54, 1.807) is 0 Å². The average molecular weight is 456 g/mol. The number of nitrogens with zero attached hydrogens (tertiary/aromatic N) is 1. The predicted molar refractivity (Wildman–Crippen MR) is 94.3 cm³/mol. The van der Waals surface area contributed by atoms with Crippen LogP contribution in [0.3, 0.4) is 0 Å². The molecular formula is C18H18F6N2O3S. The molecular weight excluding hydrogens is 438 g/mol. The maximum atomic E-state index is 13.3. The maximum absolute atomic E-state index is 13.3. The Labute approximate surface area is 168 Å². The summed E-state index contributed by atoms with van der Waals surface area (Å²) in [5, 5.41) is 9.71. The molecule has 1 saturated carbocycles. The molecule has 0 spiro atoms. The molecule has 0 aliphatic heterocycles. The number of hydrogen-bond acceptors (Lipinski definition) is 4. The van der Waals surface area contributed by atoms with Crippen molar-refractivity contribution in [3.63, 3.8) is 0 Å². The molecule has 1 aromatic carbocycles. The number of rotatable bonds is 4. The van der Waals surface area contributed by atoms with Crippen LogP contribution in [0.1, 0.15) is 43.1 Å². The van der Waals surface area contributed by atoms with Crippen LogP contribution in [0.5, 0.6) is 0 Å². The highest BCUT2D eigenvalue weighted by molar-refractivity contribution is 7.90. The van der Waals surface area contributed by atoms with E-state index >= 15 is 0 Å². The molecule has 1 heterocycles. The van der Waals surface area contributed by atoms with Gasteiger partial charge in [-0.3, -0.25) is 0 Å². The first-order valence-corrected chi connectivity index (χ1v) is 10.8. The number of aliphatic hydroxyl groups is 1. The van der Waals surface area contributed by atoms with Gasteiger partial charge in [-0.05, 0) is 25.0 Å². The smallest absolute Gasteiger partial charge is 0.367 e. The molecule has 1 fully saturated rings. The molecule has 0 atom stereocenters. The number of aromatic nitrogens is 2. The van der Waals surface area contributed by atoms with Crippen molar-refractivity contribution in [1.82, 2.24) is 9.97 Å². The number of H-pyrrole nitrogens is 1. The zero-order valence-electron chi connectivity index (χ0n) is 15.6. The quantitative estimate of drug-likeness (QED) is 0.666. The van der Waals surface area contributed by atoms with Crippen LogP contribution in [-0.4, -0.2) is 42.1 Å². The average Bonchev–Trinajstić information content (AvgIpc) is 3.28. The van der Waals surface area contributed by atoms with Crippen molar-refractivity contribution >= 4 is 9.84 Å². The monoisotopic (exact) mass is 456 g/mol. The lowest BCUT2D eigenvalue weighted by molar-refractivity contribution is -0.378. The van der Waals surface area contributed by atoms with E-state index in [1.807, 2.05) is 0 Å². The lowest BCUT2D eigenvalue weighted by Crippen LogP contribution is -2.54. The van der Waals surface area contributed by atoms with Gasteiger partial charge in [0.15, 0.2) is 15.7 Å². The van der Waals surface area contributed by atoms with Crippen LogP contribution in [0.4, 0.5) is 26.3 Å². The molecule has 0 saturated heterocycles. The summed E-state index contributed by atoms with van der Waals surface area (Å²) in [7, 11) is -3.55. The maximum Gasteiger partial charge on any atom is 0.433 e. The summed E-state index contributed by atoms with van der Waals surface area (Å²) >= 11 is 0. The van der Waals surface area contributed by atoms with Crippen molar-refractivity contribution in [1.29, 1.82) is 0 Å². The molecule has 3 rings (SSSR count). The minimum atomic E-state index is -6.06. The standard InChI is InChI=1S/C18H18F6N2O3S/c1-30(28,29)12-8-6-11(7-9-12)14-13(10-4-2-3-5-10)25-15(26-14)16(27,17(19,20)21)18(22,23)24/h6-10,27H,2-5H2,1H3,(H,25,26). The van der Waals surface area contributed by atoms with E-state index in [0.717, 1.165) is 19.1 Å². The number of benzene rings is 1. The van der Waals surface area contributed by atoms with Gasteiger partial charge in [-0.15, -0.1) is 0 Å². The second-order valence-electron chi connectivity index (χ2n) is 7.33. The molecule has 2 N–H and O–H groups in total. The molecule has 30 heavy (non-hydrogen) atoms. The summed E-state index contributed by atoms with van der Waals surface area (Å²) in [5.41, 5.74) is -5.15. The largest absolute Gasteiger partial charge is 0.433 e. The Morgan fingerprint density at radius 2 is 1.50 bits per heavy atom. The molecule has 1 aliphatic carbocycles. The van der Waals surface area contributed by atoms with Crippen LogP contribution in [0, 0.1) is 0 Å². The third-order valence-electron chi connectivity index (χ3n) is 5.21. The molecule has 5 nitrogen and oxygen atoms in total. The van der Waals surface area contributed by atoms with Crippen molar-refractivity contribution in [2.24, 2.45) is 0 Å². The van der Waals surface area contributed by atoms with E-state index < -0.39 is 33.6 Å². The van der Waals surface area contributed by atoms with Gasteiger partial charge in [0.05, 0.1) is 10.6 Å². The number of imidazole rings is 1. The second kappa shape index (κ2) is 7.26. The van der Waals surface area contributed by atoms with Crippen molar-refractivity contribution in [3.05, 3.63) is 35.8 Å². The van der Waals surface area contributed by atoms with Gasteiger partial charge in [0.2, 0.25) is 0 Å².